The molecule has 1 aliphatic rings. The van der Waals surface area contributed by atoms with Crippen LogP contribution in [0.2, 0.25) is 0 Å². The third-order valence-corrected chi connectivity index (χ3v) is 2.63. The van der Waals surface area contributed by atoms with E-state index in [1.165, 1.54) is 0 Å². The van der Waals surface area contributed by atoms with Crippen LogP contribution in [0.25, 0.3) is 0 Å². The van der Waals surface area contributed by atoms with E-state index in [9.17, 15) is 0 Å². The van der Waals surface area contributed by atoms with Crippen molar-refractivity contribution in [1.29, 1.82) is 0 Å². The molecule has 0 aromatic rings. The molecule has 0 aromatic carbocycles. The van der Waals surface area contributed by atoms with Crippen LogP contribution < -0.4 is 0 Å². The molecule has 0 bridgehead atoms. The molecule has 14 heavy (non-hydrogen) atoms. The van der Waals surface area contributed by atoms with Crippen molar-refractivity contribution >= 4 is 34.5 Å². The van der Waals surface area contributed by atoms with Crippen molar-refractivity contribution in [3.8, 4) is 0 Å². The molecule has 0 unspecified atom stereocenters. The van der Waals surface area contributed by atoms with E-state index in [1.807, 2.05) is 6.92 Å². The van der Waals surface area contributed by atoms with Gasteiger partial charge in [0.25, 0.3) is 0 Å². The molecule has 1 rings (SSSR count). The van der Waals surface area contributed by atoms with Crippen LogP contribution in [0.1, 0.15) is 13.3 Å². The minimum Gasteiger partial charge on any atom is -0.487 e. The Balaban J connectivity index is 2.29. The maximum atomic E-state index is 5.27. The number of nitrogens with zero attached hydrogens (tertiary/aromatic N) is 1. The largest absolute Gasteiger partial charge is 0.487 e. The first-order valence-corrected chi connectivity index (χ1v) is 5.57. The van der Waals surface area contributed by atoms with Gasteiger partial charge < -0.3 is 14.4 Å². The fourth-order valence-electron chi connectivity index (χ4n) is 1.26. The zero-order valence-electron chi connectivity index (χ0n) is 8.32. The first-order valence-electron chi connectivity index (χ1n) is 4.75. The van der Waals surface area contributed by atoms with E-state index < -0.39 is 0 Å². The topological polar surface area (TPSA) is 21.7 Å². The second kappa shape index (κ2) is 6.27. The second-order valence-electron chi connectivity index (χ2n) is 2.97. The summed E-state index contributed by atoms with van der Waals surface area (Å²) in [6, 6.07) is 0. The normalized spacial score (nSPS) is 16.5. The van der Waals surface area contributed by atoms with E-state index in [0.717, 1.165) is 31.3 Å². The van der Waals surface area contributed by atoms with Crippen LogP contribution in [-0.4, -0.2) is 47.8 Å². The summed E-state index contributed by atoms with van der Waals surface area (Å²) in [7, 11) is 0. The van der Waals surface area contributed by atoms with Gasteiger partial charge in [-0.15, -0.1) is 0 Å². The van der Waals surface area contributed by atoms with E-state index in [0.29, 0.717) is 18.1 Å². The predicted molar refractivity (Wildman–Crippen MR) is 63.8 cm³/mol. The Kier molecular flexibility index (Phi) is 5.29. The Morgan fingerprint density at radius 2 is 2.00 bits per heavy atom. The van der Waals surface area contributed by atoms with Gasteiger partial charge in [0.2, 0.25) is 0 Å². The highest BCUT2D eigenvalue weighted by Crippen LogP contribution is 2.04. The average molecular weight is 233 g/mol. The SMILES string of the molecule is CCOC(=S)CC(=S)N1CCOCC1. The number of hydrogen-bond donors (Lipinski definition) is 0. The van der Waals surface area contributed by atoms with Gasteiger partial charge in [0.1, 0.15) is 0 Å². The number of rotatable bonds is 3. The summed E-state index contributed by atoms with van der Waals surface area (Å²) in [5.41, 5.74) is 0. The number of thiocarbonyl (C=S) groups is 2. The number of morpholine rings is 1. The Bertz CT molecular complexity index is 215. The first-order chi connectivity index (χ1) is 6.74. The molecule has 0 amide bonds. The molecule has 0 saturated carbocycles. The molecule has 0 atom stereocenters. The lowest BCUT2D eigenvalue weighted by molar-refractivity contribution is 0.0685. The minimum atomic E-state index is 0.582. The van der Waals surface area contributed by atoms with Gasteiger partial charge in [-0.25, -0.2) is 0 Å². The third kappa shape index (κ3) is 3.86. The minimum absolute atomic E-state index is 0.582. The van der Waals surface area contributed by atoms with Crippen molar-refractivity contribution in [2.24, 2.45) is 0 Å². The van der Waals surface area contributed by atoms with Gasteiger partial charge in [-0.2, -0.15) is 0 Å². The Hall–Kier alpha value is -0.260. The highest BCUT2D eigenvalue weighted by molar-refractivity contribution is 7.81. The molecular formula is C9H15NO2S2. The molecule has 1 saturated heterocycles. The van der Waals surface area contributed by atoms with Crippen molar-refractivity contribution < 1.29 is 9.47 Å². The molecule has 0 aliphatic carbocycles. The van der Waals surface area contributed by atoms with Crippen LogP contribution >= 0.6 is 24.4 Å². The summed E-state index contributed by atoms with van der Waals surface area (Å²) >= 11 is 10.3. The predicted octanol–water partition coefficient (Wildman–Crippen LogP) is 1.40. The van der Waals surface area contributed by atoms with Crippen LogP contribution in [0.4, 0.5) is 0 Å². The summed E-state index contributed by atoms with van der Waals surface area (Å²) in [6.07, 6.45) is 0.582. The molecule has 0 radical (unpaired) electrons. The standard InChI is InChI=1S/C9H15NO2S2/c1-2-12-9(14)7-8(13)10-3-5-11-6-4-10/h2-7H2,1H3. The van der Waals surface area contributed by atoms with Gasteiger partial charge in [0.15, 0.2) is 5.05 Å². The molecule has 0 N–H and O–H groups in total. The van der Waals surface area contributed by atoms with Crippen LogP contribution in [-0.2, 0) is 9.47 Å². The van der Waals surface area contributed by atoms with Gasteiger partial charge in [-0.05, 0) is 19.1 Å². The zero-order valence-corrected chi connectivity index (χ0v) is 9.96. The van der Waals surface area contributed by atoms with Gasteiger partial charge in [-0.3, -0.25) is 0 Å². The first kappa shape index (κ1) is 11.8. The van der Waals surface area contributed by atoms with Gasteiger partial charge in [0.05, 0.1) is 31.2 Å². The molecule has 3 nitrogen and oxygen atoms in total. The van der Waals surface area contributed by atoms with Gasteiger partial charge in [0, 0.05) is 13.1 Å². The summed E-state index contributed by atoms with van der Waals surface area (Å²) in [5.74, 6) is 0. The lowest BCUT2D eigenvalue weighted by Crippen LogP contribution is -2.40. The maximum Gasteiger partial charge on any atom is 0.166 e. The Morgan fingerprint density at radius 1 is 1.36 bits per heavy atom. The van der Waals surface area contributed by atoms with Crippen LogP contribution in [0.5, 0.6) is 0 Å². The maximum absolute atomic E-state index is 5.27. The van der Waals surface area contributed by atoms with E-state index in [-0.39, 0.29) is 0 Å². The third-order valence-electron chi connectivity index (χ3n) is 1.96. The number of hydrogen-bond acceptors (Lipinski definition) is 4. The van der Waals surface area contributed by atoms with Crippen molar-refractivity contribution in [3.05, 3.63) is 0 Å². The summed E-state index contributed by atoms with van der Waals surface area (Å²) in [4.78, 5) is 3.00. The molecule has 5 heteroatoms. The van der Waals surface area contributed by atoms with Crippen molar-refractivity contribution in [2.45, 2.75) is 13.3 Å². The zero-order chi connectivity index (χ0) is 10.4. The van der Waals surface area contributed by atoms with E-state index in [2.05, 4.69) is 4.90 Å². The quantitative estimate of drug-likeness (QED) is 0.685. The van der Waals surface area contributed by atoms with Crippen LogP contribution in [0, 0.1) is 0 Å². The molecule has 0 spiro atoms. The molecule has 1 heterocycles. The Labute approximate surface area is 95.4 Å². The Morgan fingerprint density at radius 3 is 2.57 bits per heavy atom. The lowest BCUT2D eigenvalue weighted by Gasteiger charge is -2.29. The van der Waals surface area contributed by atoms with Crippen molar-refractivity contribution in [2.75, 3.05) is 32.9 Å². The summed E-state index contributed by atoms with van der Waals surface area (Å²) in [5, 5.41) is 0.587. The molecule has 0 aromatic heterocycles. The average Bonchev–Trinajstić information content (AvgIpc) is 2.19. The molecule has 80 valence electrons. The lowest BCUT2D eigenvalue weighted by atomic mass is 10.3. The van der Waals surface area contributed by atoms with Gasteiger partial charge in [-0.1, -0.05) is 12.2 Å². The highest BCUT2D eigenvalue weighted by Gasteiger charge is 2.14. The molecular weight excluding hydrogens is 218 g/mol. The van der Waals surface area contributed by atoms with E-state index >= 15 is 0 Å². The fraction of sp³-hybridized carbons (Fsp3) is 0.778. The highest BCUT2D eigenvalue weighted by atomic mass is 32.1. The van der Waals surface area contributed by atoms with Crippen molar-refractivity contribution in [3.63, 3.8) is 0 Å². The van der Waals surface area contributed by atoms with E-state index in [4.69, 9.17) is 33.9 Å². The van der Waals surface area contributed by atoms with E-state index in [1.54, 1.807) is 0 Å². The summed E-state index contributed by atoms with van der Waals surface area (Å²) in [6.45, 7) is 5.78. The smallest absolute Gasteiger partial charge is 0.166 e. The van der Waals surface area contributed by atoms with Crippen LogP contribution in [0.15, 0.2) is 0 Å². The monoisotopic (exact) mass is 233 g/mol. The fourth-order valence-corrected chi connectivity index (χ4v) is 1.92. The number of ether oxygens (including phenoxy) is 2. The van der Waals surface area contributed by atoms with Crippen LogP contribution in [0.3, 0.4) is 0 Å². The summed E-state index contributed by atoms with van der Waals surface area (Å²) < 4.78 is 10.4. The van der Waals surface area contributed by atoms with Crippen molar-refractivity contribution in [1.82, 2.24) is 4.90 Å². The van der Waals surface area contributed by atoms with Gasteiger partial charge >= 0.3 is 0 Å². The molecule has 1 aliphatic heterocycles. The second-order valence-corrected chi connectivity index (χ2v) is 3.90. The molecule has 1 fully saturated rings.